The van der Waals surface area contributed by atoms with Gasteiger partial charge >= 0.3 is 0 Å². The number of nitrogens with one attached hydrogen (secondary N) is 1. The van der Waals surface area contributed by atoms with Crippen LogP contribution in [0.3, 0.4) is 0 Å². The zero-order valence-electron chi connectivity index (χ0n) is 11.2. The van der Waals surface area contributed by atoms with Gasteiger partial charge in [0.05, 0.1) is 11.3 Å². The quantitative estimate of drug-likeness (QED) is 0.343. The molecule has 108 valence electrons. The van der Waals surface area contributed by atoms with E-state index in [9.17, 15) is 4.79 Å². The number of nitrogens with zero attached hydrogens (tertiary/aromatic N) is 2. The molecule has 0 aliphatic carbocycles. The molecule has 0 fully saturated rings. The molecule has 0 aliphatic rings. The Kier molecular flexibility index (Phi) is 4.54. The van der Waals surface area contributed by atoms with Crippen LogP contribution in [0.15, 0.2) is 46.2 Å². The van der Waals surface area contributed by atoms with Gasteiger partial charge in [-0.2, -0.15) is 0 Å². The molecule has 0 unspecified atom stereocenters. The second-order valence-corrected chi connectivity index (χ2v) is 5.18. The van der Waals surface area contributed by atoms with E-state index in [4.69, 9.17) is 10.9 Å². The summed E-state index contributed by atoms with van der Waals surface area (Å²) in [4.78, 5) is 16.3. The molecule has 0 atom stereocenters. The fraction of sp³-hybridized carbons (Fsp3) is 0.0714. The Hall–Kier alpha value is -2.41. The number of hydrogen-bond acceptors (Lipinski definition) is 4. The molecule has 1 heterocycles. The number of carbonyl (C=O) groups is 1. The number of rotatable bonds is 3. The molecule has 6 nitrogen and oxygen atoms in total. The highest BCUT2D eigenvalue weighted by atomic mass is 79.9. The summed E-state index contributed by atoms with van der Waals surface area (Å²) in [6.45, 7) is 1.75. The maximum absolute atomic E-state index is 12.3. The first kappa shape index (κ1) is 15.0. The van der Waals surface area contributed by atoms with Crippen molar-refractivity contribution < 1.29 is 10.0 Å². The Bertz CT molecular complexity index is 716. The highest BCUT2D eigenvalue weighted by Gasteiger charge is 2.14. The number of carbonyl (C=O) groups excluding carboxylic acids is 1. The molecule has 2 aromatic rings. The van der Waals surface area contributed by atoms with Crippen molar-refractivity contribution in [1.82, 2.24) is 4.98 Å². The zero-order valence-corrected chi connectivity index (χ0v) is 12.8. The second kappa shape index (κ2) is 6.36. The SMILES string of the molecule is Cc1ncccc1C(=O)Nc1ccc(Br)cc1/C(N)=N/O. The summed E-state index contributed by atoms with van der Waals surface area (Å²) in [5, 5.41) is 14.5. The molecule has 0 bridgehead atoms. The number of anilines is 1. The van der Waals surface area contributed by atoms with E-state index in [-0.39, 0.29) is 11.7 Å². The molecule has 1 aromatic carbocycles. The van der Waals surface area contributed by atoms with Gasteiger partial charge in [-0.3, -0.25) is 9.78 Å². The van der Waals surface area contributed by atoms with Crippen LogP contribution >= 0.6 is 15.9 Å². The first-order valence-corrected chi connectivity index (χ1v) is 6.82. The first-order valence-electron chi connectivity index (χ1n) is 6.03. The minimum absolute atomic E-state index is 0.0884. The first-order chi connectivity index (χ1) is 10.0. The number of halogens is 1. The maximum Gasteiger partial charge on any atom is 0.257 e. The van der Waals surface area contributed by atoms with E-state index in [0.717, 1.165) is 4.47 Å². The van der Waals surface area contributed by atoms with Gasteiger partial charge in [0, 0.05) is 21.9 Å². The summed E-state index contributed by atoms with van der Waals surface area (Å²) in [6.07, 6.45) is 1.62. The summed E-state index contributed by atoms with van der Waals surface area (Å²) in [5.41, 5.74) is 7.57. The largest absolute Gasteiger partial charge is 0.409 e. The van der Waals surface area contributed by atoms with Crippen LogP contribution in [0.25, 0.3) is 0 Å². The minimum atomic E-state index is -0.310. The van der Waals surface area contributed by atoms with Crippen molar-refractivity contribution in [2.24, 2.45) is 10.9 Å². The van der Waals surface area contributed by atoms with Gasteiger partial charge in [-0.15, -0.1) is 0 Å². The van der Waals surface area contributed by atoms with Crippen molar-refractivity contribution in [3.05, 3.63) is 57.8 Å². The number of nitrogens with two attached hydrogens (primary N) is 1. The monoisotopic (exact) mass is 348 g/mol. The van der Waals surface area contributed by atoms with Gasteiger partial charge in [0.15, 0.2) is 5.84 Å². The van der Waals surface area contributed by atoms with Gasteiger partial charge in [0.2, 0.25) is 0 Å². The van der Waals surface area contributed by atoms with Crippen molar-refractivity contribution in [1.29, 1.82) is 0 Å². The van der Waals surface area contributed by atoms with Crippen molar-refractivity contribution >= 4 is 33.4 Å². The van der Waals surface area contributed by atoms with Crippen LogP contribution in [-0.2, 0) is 0 Å². The number of pyridine rings is 1. The third kappa shape index (κ3) is 3.38. The van der Waals surface area contributed by atoms with Crippen LogP contribution in [0.1, 0.15) is 21.6 Å². The predicted octanol–water partition coefficient (Wildman–Crippen LogP) is 2.50. The van der Waals surface area contributed by atoms with Crippen LogP contribution in [-0.4, -0.2) is 21.9 Å². The second-order valence-electron chi connectivity index (χ2n) is 4.27. The van der Waals surface area contributed by atoms with Crippen molar-refractivity contribution in [2.75, 3.05) is 5.32 Å². The van der Waals surface area contributed by atoms with Crippen LogP contribution in [0.5, 0.6) is 0 Å². The molecule has 1 aromatic heterocycles. The van der Waals surface area contributed by atoms with Crippen LogP contribution in [0.2, 0.25) is 0 Å². The molecule has 2 rings (SSSR count). The van der Waals surface area contributed by atoms with E-state index in [0.29, 0.717) is 22.5 Å². The van der Waals surface area contributed by atoms with Crippen LogP contribution in [0, 0.1) is 6.92 Å². The molecule has 21 heavy (non-hydrogen) atoms. The van der Waals surface area contributed by atoms with Crippen molar-refractivity contribution in [3.63, 3.8) is 0 Å². The molecule has 0 aliphatic heterocycles. The standard InChI is InChI=1S/C14H13BrN4O2/c1-8-10(3-2-6-17-8)14(20)18-12-5-4-9(15)7-11(12)13(16)19-21/h2-7,21H,1H3,(H2,16,19)(H,18,20). The van der Waals surface area contributed by atoms with E-state index < -0.39 is 0 Å². The molecule has 0 radical (unpaired) electrons. The average Bonchev–Trinajstić information content (AvgIpc) is 2.48. The Morgan fingerprint density at radius 2 is 2.14 bits per heavy atom. The average molecular weight is 349 g/mol. The van der Waals surface area contributed by atoms with E-state index in [1.807, 2.05) is 0 Å². The smallest absolute Gasteiger partial charge is 0.257 e. The Morgan fingerprint density at radius 3 is 2.81 bits per heavy atom. The Morgan fingerprint density at radius 1 is 1.38 bits per heavy atom. The van der Waals surface area contributed by atoms with E-state index in [1.54, 1.807) is 43.5 Å². The summed E-state index contributed by atoms with van der Waals surface area (Å²) in [5.74, 6) is -0.399. The summed E-state index contributed by atoms with van der Waals surface area (Å²) in [7, 11) is 0. The van der Waals surface area contributed by atoms with E-state index >= 15 is 0 Å². The summed E-state index contributed by atoms with van der Waals surface area (Å²) < 4.78 is 0.750. The van der Waals surface area contributed by atoms with Crippen LogP contribution in [0.4, 0.5) is 5.69 Å². The summed E-state index contributed by atoms with van der Waals surface area (Å²) in [6, 6.07) is 8.44. The Labute approximate surface area is 129 Å². The van der Waals surface area contributed by atoms with Gasteiger partial charge in [-0.1, -0.05) is 21.1 Å². The highest BCUT2D eigenvalue weighted by molar-refractivity contribution is 9.10. The van der Waals surface area contributed by atoms with Gasteiger partial charge in [-0.25, -0.2) is 0 Å². The van der Waals surface area contributed by atoms with Crippen molar-refractivity contribution in [2.45, 2.75) is 6.92 Å². The molecule has 0 spiro atoms. The fourth-order valence-electron chi connectivity index (χ4n) is 1.81. The molecule has 4 N–H and O–H groups in total. The number of oxime groups is 1. The van der Waals surface area contributed by atoms with Crippen molar-refractivity contribution in [3.8, 4) is 0 Å². The van der Waals surface area contributed by atoms with Gasteiger partial charge < -0.3 is 16.3 Å². The van der Waals surface area contributed by atoms with Gasteiger partial charge in [0.25, 0.3) is 5.91 Å². The van der Waals surface area contributed by atoms with Crippen LogP contribution < -0.4 is 11.1 Å². The molecule has 7 heteroatoms. The predicted molar refractivity (Wildman–Crippen MR) is 83.6 cm³/mol. The summed E-state index contributed by atoms with van der Waals surface area (Å²) >= 11 is 3.30. The molecule has 1 amide bonds. The molecular formula is C14H13BrN4O2. The van der Waals surface area contributed by atoms with Gasteiger partial charge in [0.1, 0.15) is 0 Å². The topological polar surface area (TPSA) is 101 Å². The lowest BCUT2D eigenvalue weighted by Gasteiger charge is -2.11. The number of aryl methyl sites for hydroxylation is 1. The molecule has 0 saturated heterocycles. The molecular weight excluding hydrogens is 336 g/mol. The lowest BCUT2D eigenvalue weighted by atomic mass is 10.1. The highest BCUT2D eigenvalue weighted by Crippen LogP contribution is 2.22. The minimum Gasteiger partial charge on any atom is -0.409 e. The number of amidine groups is 1. The number of aromatic nitrogens is 1. The lowest BCUT2D eigenvalue weighted by molar-refractivity contribution is 0.102. The third-order valence-corrected chi connectivity index (χ3v) is 3.36. The molecule has 0 saturated carbocycles. The van der Waals surface area contributed by atoms with E-state index in [1.165, 1.54) is 0 Å². The third-order valence-electron chi connectivity index (χ3n) is 2.87. The number of hydrogen-bond donors (Lipinski definition) is 3. The maximum atomic E-state index is 12.3. The lowest BCUT2D eigenvalue weighted by Crippen LogP contribution is -2.20. The zero-order chi connectivity index (χ0) is 15.4. The number of benzene rings is 1. The van der Waals surface area contributed by atoms with Gasteiger partial charge in [-0.05, 0) is 37.3 Å². The number of amides is 1. The van der Waals surface area contributed by atoms with E-state index in [2.05, 4.69) is 31.4 Å². The fourth-order valence-corrected chi connectivity index (χ4v) is 2.17. The normalized spacial score (nSPS) is 11.2. The Balaban J connectivity index is 2.36.